The van der Waals surface area contributed by atoms with Crippen LogP contribution in [0.25, 0.3) is 5.69 Å². The summed E-state index contributed by atoms with van der Waals surface area (Å²) < 4.78 is 20.8. The second-order valence-corrected chi connectivity index (χ2v) is 8.58. The maximum absolute atomic E-state index is 13.2. The van der Waals surface area contributed by atoms with Crippen LogP contribution >= 0.6 is 23.1 Å². The first-order chi connectivity index (χ1) is 15.4. The van der Waals surface area contributed by atoms with Crippen LogP contribution in [0.5, 0.6) is 5.75 Å². The minimum absolute atomic E-state index is 0.0217. The molecule has 170 valence electrons. The van der Waals surface area contributed by atoms with Crippen molar-refractivity contribution < 1.29 is 18.7 Å². The minimum Gasteiger partial charge on any atom is -0.490 e. The molecule has 32 heavy (non-hydrogen) atoms. The molecule has 0 unspecified atom stereocenters. The first-order valence-electron chi connectivity index (χ1n) is 9.98. The molecule has 0 saturated carbocycles. The SMILES string of the molecule is CCOc1cn(-c2ccc(F)cc2)nc1C(=O)Nc1nnc(SCC(=O)N(CC)CC)s1. The Balaban J connectivity index is 1.69. The third kappa shape index (κ3) is 5.82. The average molecular weight is 479 g/mol. The molecule has 2 amide bonds. The van der Waals surface area contributed by atoms with Crippen molar-refractivity contribution in [3.05, 3.63) is 42.0 Å². The van der Waals surface area contributed by atoms with E-state index in [1.54, 1.807) is 30.2 Å². The molecular formula is C20H23FN6O3S2. The number of anilines is 1. The fourth-order valence-corrected chi connectivity index (χ4v) is 4.42. The fraction of sp³-hybridized carbons (Fsp3) is 0.350. The summed E-state index contributed by atoms with van der Waals surface area (Å²) in [6, 6.07) is 5.71. The number of rotatable bonds is 10. The van der Waals surface area contributed by atoms with Gasteiger partial charge in [-0.15, -0.1) is 10.2 Å². The maximum Gasteiger partial charge on any atom is 0.281 e. The molecule has 0 aliphatic carbocycles. The Morgan fingerprint density at radius 2 is 1.91 bits per heavy atom. The minimum atomic E-state index is -0.513. The van der Waals surface area contributed by atoms with E-state index in [1.807, 2.05) is 13.8 Å². The van der Waals surface area contributed by atoms with Crippen LogP contribution in [0.3, 0.4) is 0 Å². The summed E-state index contributed by atoms with van der Waals surface area (Å²) >= 11 is 2.44. The maximum atomic E-state index is 13.2. The molecule has 1 aromatic carbocycles. The van der Waals surface area contributed by atoms with E-state index in [1.165, 1.54) is 39.9 Å². The number of amides is 2. The van der Waals surface area contributed by atoms with E-state index in [-0.39, 0.29) is 28.3 Å². The molecule has 2 heterocycles. The highest BCUT2D eigenvalue weighted by Crippen LogP contribution is 2.27. The summed E-state index contributed by atoms with van der Waals surface area (Å²) in [5.41, 5.74) is 0.649. The molecule has 0 radical (unpaired) electrons. The second kappa shape index (κ2) is 11.0. The molecule has 0 spiro atoms. The number of benzene rings is 1. The normalized spacial score (nSPS) is 10.8. The lowest BCUT2D eigenvalue weighted by Crippen LogP contribution is -2.31. The largest absolute Gasteiger partial charge is 0.490 e. The highest BCUT2D eigenvalue weighted by molar-refractivity contribution is 8.01. The highest BCUT2D eigenvalue weighted by Gasteiger charge is 2.21. The van der Waals surface area contributed by atoms with Gasteiger partial charge in [0.15, 0.2) is 15.8 Å². The van der Waals surface area contributed by atoms with Gasteiger partial charge in [0.05, 0.1) is 24.2 Å². The number of thioether (sulfide) groups is 1. The summed E-state index contributed by atoms with van der Waals surface area (Å²) in [7, 11) is 0. The molecule has 1 N–H and O–H groups in total. The molecule has 12 heteroatoms. The van der Waals surface area contributed by atoms with E-state index in [4.69, 9.17) is 4.74 Å². The lowest BCUT2D eigenvalue weighted by atomic mass is 10.3. The van der Waals surface area contributed by atoms with E-state index in [9.17, 15) is 14.0 Å². The number of carbonyl (C=O) groups excluding carboxylic acids is 2. The molecule has 9 nitrogen and oxygen atoms in total. The molecule has 0 atom stereocenters. The predicted octanol–water partition coefficient (Wildman–Crippen LogP) is 3.47. The molecule has 2 aromatic heterocycles. The molecule has 0 aliphatic rings. The Kier molecular flexibility index (Phi) is 8.17. The summed E-state index contributed by atoms with van der Waals surface area (Å²) in [6.45, 7) is 7.30. The van der Waals surface area contributed by atoms with E-state index >= 15 is 0 Å². The molecule has 3 rings (SSSR count). The van der Waals surface area contributed by atoms with Gasteiger partial charge in [-0.3, -0.25) is 14.9 Å². The van der Waals surface area contributed by atoms with Gasteiger partial charge in [-0.25, -0.2) is 9.07 Å². The van der Waals surface area contributed by atoms with Crippen molar-refractivity contribution in [1.29, 1.82) is 0 Å². The number of hydrogen-bond donors (Lipinski definition) is 1. The highest BCUT2D eigenvalue weighted by atomic mass is 32.2. The van der Waals surface area contributed by atoms with E-state index in [2.05, 4.69) is 20.6 Å². The van der Waals surface area contributed by atoms with Crippen LogP contribution in [-0.2, 0) is 4.79 Å². The lowest BCUT2D eigenvalue weighted by Gasteiger charge is -2.17. The molecule has 0 bridgehead atoms. The van der Waals surface area contributed by atoms with Crippen LogP contribution in [0.4, 0.5) is 9.52 Å². The Bertz CT molecular complexity index is 1070. The Hall–Kier alpha value is -2.99. The topological polar surface area (TPSA) is 102 Å². The Morgan fingerprint density at radius 3 is 2.56 bits per heavy atom. The van der Waals surface area contributed by atoms with Crippen LogP contribution in [0, 0.1) is 5.82 Å². The fourth-order valence-electron chi connectivity index (χ4n) is 2.77. The van der Waals surface area contributed by atoms with Gasteiger partial charge in [0, 0.05) is 13.1 Å². The summed E-state index contributed by atoms with van der Waals surface area (Å²) in [5.74, 6) is -0.318. The van der Waals surface area contributed by atoms with Gasteiger partial charge in [-0.05, 0) is 45.0 Å². The molecule has 0 saturated heterocycles. The van der Waals surface area contributed by atoms with Gasteiger partial charge in [0.1, 0.15) is 5.82 Å². The molecule has 0 aliphatic heterocycles. The van der Waals surface area contributed by atoms with E-state index in [0.29, 0.717) is 35.5 Å². The molecule has 0 fully saturated rings. The first-order valence-corrected chi connectivity index (χ1v) is 11.8. The number of nitrogens with zero attached hydrogens (tertiary/aromatic N) is 5. The number of halogens is 1. The van der Waals surface area contributed by atoms with Crippen molar-refractivity contribution in [3.8, 4) is 11.4 Å². The summed E-state index contributed by atoms with van der Waals surface area (Å²) in [6.07, 6.45) is 1.56. The van der Waals surface area contributed by atoms with Crippen LogP contribution in [-0.4, -0.2) is 62.1 Å². The van der Waals surface area contributed by atoms with Crippen molar-refractivity contribution in [2.75, 3.05) is 30.8 Å². The van der Waals surface area contributed by atoms with Gasteiger partial charge < -0.3 is 9.64 Å². The molecule has 3 aromatic rings. The van der Waals surface area contributed by atoms with Crippen LogP contribution < -0.4 is 10.1 Å². The zero-order valence-corrected chi connectivity index (χ0v) is 19.5. The van der Waals surface area contributed by atoms with E-state index < -0.39 is 5.91 Å². The quantitative estimate of drug-likeness (QED) is 0.352. The monoisotopic (exact) mass is 478 g/mol. The van der Waals surface area contributed by atoms with Crippen molar-refractivity contribution >= 4 is 40.0 Å². The van der Waals surface area contributed by atoms with Gasteiger partial charge in [0.25, 0.3) is 5.91 Å². The van der Waals surface area contributed by atoms with E-state index in [0.717, 1.165) is 0 Å². The van der Waals surface area contributed by atoms with Crippen LogP contribution in [0.15, 0.2) is 34.8 Å². The van der Waals surface area contributed by atoms with Gasteiger partial charge >= 0.3 is 0 Å². The number of carbonyl (C=O) groups is 2. The third-order valence-corrected chi connectivity index (χ3v) is 6.31. The average Bonchev–Trinajstić information content (AvgIpc) is 3.41. The Labute approximate surface area is 193 Å². The van der Waals surface area contributed by atoms with Gasteiger partial charge in [-0.1, -0.05) is 23.1 Å². The second-order valence-electron chi connectivity index (χ2n) is 6.38. The third-order valence-electron chi connectivity index (χ3n) is 4.35. The first kappa shape index (κ1) is 23.7. The van der Waals surface area contributed by atoms with Gasteiger partial charge in [0.2, 0.25) is 11.0 Å². The Morgan fingerprint density at radius 1 is 1.19 bits per heavy atom. The summed E-state index contributed by atoms with van der Waals surface area (Å²) in [5, 5.41) is 15.2. The summed E-state index contributed by atoms with van der Waals surface area (Å²) in [4.78, 5) is 26.7. The van der Waals surface area contributed by atoms with Crippen molar-refractivity contribution in [3.63, 3.8) is 0 Å². The van der Waals surface area contributed by atoms with Crippen LogP contribution in [0.2, 0.25) is 0 Å². The number of nitrogens with one attached hydrogen (secondary N) is 1. The zero-order chi connectivity index (χ0) is 23.1. The number of ether oxygens (including phenoxy) is 1. The lowest BCUT2D eigenvalue weighted by molar-refractivity contribution is -0.127. The van der Waals surface area contributed by atoms with Crippen molar-refractivity contribution in [2.45, 2.75) is 25.1 Å². The number of aromatic nitrogens is 4. The van der Waals surface area contributed by atoms with Crippen molar-refractivity contribution in [2.24, 2.45) is 0 Å². The standard InChI is InChI=1S/C20H23FN6O3S2/c1-4-26(5-2)16(28)12-31-20-24-23-19(32-20)22-18(29)17-15(30-6-3)11-27(25-17)14-9-7-13(21)8-10-14/h7-11H,4-6,12H2,1-3H3,(H,22,23,29). The van der Waals surface area contributed by atoms with Gasteiger partial charge in [-0.2, -0.15) is 5.10 Å². The van der Waals surface area contributed by atoms with Crippen molar-refractivity contribution in [1.82, 2.24) is 24.9 Å². The molecular weight excluding hydrogens is 455 g/mol. The smallest absolute Gasteiger partial charge is 0.281 e. The number of hydrogen-bond acceptors (Lipinski definition) is 8. The zero-order valence-electron chi connectivity index (χ0n) is 17.9. The predicted molar refractivity (Wildman–Crippen MR) is 121 cm³/mol. The van der Waals surface area contributed by atoms with Crippen LogP contribution in [0.1, 0.15) is 31.3 Å².